The summed E-state index contributed by atoms with van der Waals surface area (Å²) >= 11 is 0. The molecule has 0 aliphatic carbocycles. The van der Waals surface area contributed by atoms with Gasteiger partial charge >= 0.3 is 0 Å². The number of hydrogen-bond acceptors (Lipinski definition) is 6. The van der Waals surface area contributed by atoms with Crippen molar-refractivity contribution in [3.63, 3.8) is 0 Å². The molecule has 152 valence electrons. The van der Waals surface area contributed by atoms with Crippen LogP contribution < -0.4 is 15.8 Å². The number of nitrogens with two attached hydrogens (primary N) is 1. The maximum Gasteiger partial charge on any atom is 0.132 e. The number of H-pyrrole nitrogens is 1. The van der Waals surface area contributed by atoms with E-state index in [0.29, 0.717) is 11.7 Å². The van der Waals surface area contributed by atoms with Gasteiger partial charge in [0.25, 0.3) is 0 Å². The zero-order valence-electron chi connectivity index (χ0n) is 16.9. The Morgan fingerprint density at radius 2 is 1.83 bits per heavy atom. The van der Waals surface area contributed by atoms with E-state index in [0.717, 1.165) is 64.8 Å². The van der Waals surface area contributed by atoms with Crippen LogP contribution in [0.2, 0.25) is 0 Å². The molecule has 1 saturated heterocycles. The molecule has 0 radical (unpaired) electrons. The molecule has 4 aromatic rings. The van der Waals surface area contributed by atoms with Crippen molar-refractivity contribution in [1.29, 1.82) is 0 Å². The Labute approximate surface area is 174 Å². The molecule has 7 heteroatoms. The lowest BCUT2D eigenvalue weighted by Crippen LogP contribution is -2.27. The molecule has 1 aromatic carbocycles. The second kappa shape index (κ2) is 7.76. The lowest BCUT2D eigenvalue weighted by atomic mass is 9.90. The molecule has 4 N–H and O–H groups in total. The number of ether oxygens (including phenoxy) is 1. The van der Waals surface area contributed by atoms with Crippen molar-refractivity contribution in [3.05, 3.63) is 54.6 Å². The highest BCUT2D eigenvalue weighted by molar-refractivity contribution is 5.88. The Bertz CT molecular complexity index is 1200. The van der Waals surface area contributed by atoms with Crippen LogP contribution in [0.5, 0.6) is 5.75 Å². The smallest absolute Gasteiger partial charge is 0.132 e. The average molecular weight is 400 g/mol. The summed E-state index contributed by atoms with van der Waals surface area (Å²) in [5, 5.41) is 13.0. The van der Waals surface area contributed by atoms with E-state index in [4.69, 9.17) is 10.5 Å². The van der Waals surface area contributed by atoms with Gasteiger partial charge in [0, 0.05) is 46.1 Å². The Morgan fingerprint density at radius 1 is 0.967 bits per heavy atom. The Morgan fingerprint density at radius 3 is 2.67 bits per heavy atom. The van der Waals surface area contributed by atoms with Crippen LogP contribution in [-0.4, -0.2) is 40.4 Å². The maximum absolute atomic E-state index is 6.24. The number of pyridine rings is 2. The van der Waals surface area contributed by atoms with Crippen molar-refractivity contribution in [3.8, 4) is 28.1 Å². The number of benzene rings is 1. The predicted molar refractivity (Wildman–Crippen MR) is 118 cm³/mol. The van der Waals surface area contributed by atoms with Crippen LogP contribution in [0.3, 0.4) is 0 Å². The molecule has 1 aliphatic rings. The lowest BCUT2D eigenvalue weighted by molar-refractivity contribution is 0.415. The van der Waals surface area contributed by atoms with Crippen molar-refractivity contribution >= 4 is 16.6 Å². The zero-order chi connectivity index (χ0) is 20.5. The van der Waals surface area contributed by atoms with Crippen molar-refractivity contribution in [1.82, 2.24) is 25.5 Å². The molecule has 4 heterocycles. The molecule has 1 fully saturated rings. The van der Waals surface area contributed by atoms with Gasteiger partial charge in [-0.05, 0) is 55.6 Å². The molecule has 0 saturated carbocycles. The van der Waals surface area contributed by atoms with Gasteiger partial charge < -0.3 is 15.8 Å². The summed E-state index contributed by atoms with van der Waals surface area (Å²) in [6.07, 6.45) is 7.74. The SMILES string of the molecule is COc1ccc2cc(-c3cc(-c4cn[nH]c4C4CCNCC4)cnc3N)ncc2c1. The van der Waals surface area contributed by atoms with Gasteiger partial charge in [-0.1, -0.05) is 6.07 Å². The van der Waals surface area contributed by atoms with E-state index in [1.807, 2.05) is 42.9 Å². The topological polar surface area (TPSA) is 102 Å². The molecule has 0 unspecified atom stereocenters. The highest BCUT2D eigenvalue weighted by atomic mass is 16.5. The quantitative estimate of drug-likeness (QED) is 0.482. The van der Waals surface area contributed by atoms with Gasteiger partial charge in [0.1, 0.15) is 11.6 Å². The van der Waals surface area contributed by atoms with Gasteiger partial charge in [-0.2, -0.15) is 5.10 Å². The fourth-order valence-electron chi connectivity index (χ4n) is 4.17. The molecule has 7 nitrogen and oxygen atoms in total. The molecule has 0 bridgehead atoms. The van der Waals surface area contributed by atoms with Crippen LogP contribution in [-0.2, 0) is 0 Å². The van der Waals surface area contributed by atoms with Crippen molar-refractivity contribution < 1.29 is 4.74 Å². The monoisotopic (exact) mass is 400 g/mol. The average Bonchev–Trinajstić information content (AvgIpc) is 3.29. The second-order valence-electron chi connectivity index (χ2n) is 7.66. The minimum atomic E-state index is 0.464. The third-order valence-electron chi connectivity index (χ3n) is 5.85. The predicted octanol–water partition coefficient (Wildman–Crippen LogP) is 3.74. The van der Waals surface area contributed by atoms with Gasteiger partial charge in [-0.3, -0.25) is 10.1 Å². The van der Waals surface area contributed by atoms with Crippen LogP contribution >= 0.6 is 0 Å². The highest BCUT2D eigenvalue weighted by Gasteiger charge is 2.21. The van der Waals surface area contributed by atoms with Crippen LogP contribution in [0.4, 0.5) is 5.82 Å². The molecule has 5 rings (SSSR count). The molecule has 3 aromatic heterocycles. The van der Waals surface area contributed by atoms with Gasteiger partial charge in [-0.15, -0.1) is 0 Å². The number of fused-ring (bicyclic) bond motifs is 1. The second-order valence-corrected chi connectivity index (χ2v) is 7.66. The number of aromatic amines is 1. The van der Waals surface area contributed by atoms with Gasteiger partial charge in [0.2, 0.25) is 0 Å². The number of anilines is 1. The molecule has 1 aliphatic heterocycles. The first-order chi connectivity index (χ1) is 14.7. The molecule has 30 heavy (non-hydrogen) atoms. The number of aromatic nitrogens is 4. The summed E-state index contributed by atoms with van der Waals surface area (Å²) in [4.78, 5) is 9.11. The van der Waals surface area contributed by atoms with Gasteiger partial charge in [0.15, 0.2) is 0 Å². The number of nitrogens with one attached hydrogen (secondary N) is 2. The fraction of sp³-hybridized carbons (Fsp3) is 0.261. The van der Waals surface area contributed by atoms with E-state index in [1.165, 1.54) is 5.69 Å². The zero-order valence-corrected chi connectivity index (χ0v) is 16.9. The van der Waals surface area contributed by atoms with Gasteiger partial charge in [-0.25, -0.2) is 4.98 Å². The van der Waals surface area contributed by atoms with E-state index < -0.39 is 0 Å². The largest absolute Gasteiger partial charge is 0.497 e. The third-order valence-corrected chi connectivity index (χ3v) is 5.85. The van der Waals surface area contributed by atoms with E-state index in [9.17, 15) is 0 Å². The summed E-state index contributed by atoms with van der Waals surface area (Å²) in [5.41, 5.74) is 11.1. The minimum Gasteiger partial charge on any atom is -0.497 e. The maximum atomic E-state index is 6.24. The van der Waals surface area contributed by atoms with Crippen LogP contribution in [0.15, 0.2) is 48.9 Å². The number of nitrogen functional groups attached to an aromatic ring is 1. The first kappa shape index (κ1) is 18.6. The van der Waals surface area contributed by atoms with E-state index in [-0.39, 0.29) is 0 Å². The van der Waals surface area contributed by atoms with Crippen LogP contribution in [0, 0.1) is 0 Å². The normalized spacial score (nSPS) is 14.8. The van der Waals surface area contributed by atoms with Gasteiger partial charge in [0.05, 0.1) is 19.0 Å². The van der Waals surface area contributed by atoms with Crippen LogP contribution in [0.1, 0.15) is 24.5 Å². The first-order valence-electron chi connectivity index (χ1n) is 10.2. The minimum absolute atomic E-state index is 0.464. The Kier molecular flexibility index (Phi) is 4.80. The fourth-order valence-corrected chi connectivity index (χ4v) is 4.17. The number of methoxy groups -OCH3 is 1. The van der Waals surface area contributed by atoms with Crippen molar-refractivity contribution in [2.24, 2.45) is 0 Å². The summed E-state index contributed by atoms with van der Waals surface area (Å²) in [7, 11) is 1.66. The van der Waals surface area contributed by atoms with Crippen LogP contribution in [0.25, 0.3) is 33.2 Å². The summed E-state index contributed by atoms with van der Waals surface area (Å²) in [6.45, 7) is 2.06. The number of hydrogen-bond donors (Lipinski definition) is 3. The Balaban J connectivity index is 1.55. The summed E-state index contributed by atoms with van der Waals surface area (Å²) in [5.74, 6) is 1.75. The Hall–Kier alpha value is -3.45. The molecule has 0 atom stereocenters. The number of piperidine rings is 1. The molecule has 0 spiro atoms. The molecular weight excluding hydrogens is 376 g/mol. The third kappa shape index (κ3) is 3.37. The van der Waals surface area contributed by atoms with E-state index >= 15 is 0 Å². The highest BCUT2D eigenvalue weighted by Crippen LogP contribution is 2.35. The standard InChI is InChI=1S/C23H24N6O/c1-30-18-3-2-15-10-21(26-11-16(15)8-18)19-9-17(12-27-23(19)24)20-13-28-29-22(20)14-4-6-25-7-5-14/h2-3,8-14,25H,4-7H2,1H3,(H2,24,27)(H,28,29). The summed E-state index contributed by atoms with van der Waals surface area (Å²) in [6, 6.07) is 10.0. The number of nitrogens with zero attached hydrogens (tertiary/aromatic N) is 3. The molecular formula is C23H24N6O. The number of rotatable bonds is 4. The first-order valence-corrected chi connectivity index (χ1v) is 10.2. The van der Waals surface area contributed by atoms with Crippen molar-refractivity contribution in [2.45, 2.75) is 18.8 Å². The lowest BCUT2D eigenvalue weighted by Gasteiger charge is -2.22. The summed E-state index contributed by atoms with van der Waals surface area (Å²) < 4.78 is 5.30. The van der Waals surface area contributed by atoms with E-state index in [2.05, 4.69) is 31.5 Å². The van der Waals surface area contributed by atoms with E-state index in [1.54, 1.807) is 7.11 Å². The van der Waals surface area contributed by atoms with Crippen molar-refractivity contribution in [2.75, 3.05) is 25.9 Å². The molecule has 0 amide bonds.